The number of alkyl carbamates (subject to hydrolysis) is 1. The lowest BCUT2D eigenvalue weighted by molar-refractivity contribution is -0.156. The van der Waals surface area contributed by atoms with Crippen molar-refractivity contribution in [3.05, 3.63) is 71.3 Å². The summed E-state index contributed by atoms with van der Waals surface area (Å²) in [6.45, 7) is 5.55. The molecule has 2 rings (SSSR count). The minimum absolute atomic E-state index is 0.0677. The topological polar surface area (TPSA) is 90.9 Å². The van der Waals surface area contributed by atoms with Gasteiger partial charge in [0.2, 0.25) is 6.10 Å². The zero-order valence-corrected chi connectivity index (χ0v) is 17.4. The molecular formula is C23H27NO6. The number of benzene rings is 2. The molecule has 2 aromatic carbocycles. The van der Waals surface area contributed by atoms with E-state index in [1.54, 1.807) is 32.0 Å². The van der Waals surface area contributed by atoms with E-state index in [0.29, 0.717) is 5.56 Å². The number of ether oxygens (including phenoxy) is 3. The minimum Gasteiger partial charge on any atom is -0.463 e. The zero-order chi connectivity index (χ0) is 21.9. The average Bonchev–Trinajstić information content (AvgIpc) is 2.75. The molecule has 0 aliphatic rings. The van der Waals surface area contributed by atoms with Gasteiger partial charge >= 0.3 is 18.0 Å². The molecule has 0 unspecified atom stereocenters. The third kappa shape index (κ3) is 7.24. The second-order valence-electron chi connectivity index (χ2n) is 6.87. The molecule has 0 radical (unpaired) electrons. The summed E-state index contributed by atoms with van der Waals surface area (Å²) in [5.41, 5.74) is 2.09. The molecule has 2 aromatic rings. The van der Waals surface area contributed by atoms with Crippen LogP contribution in [0.2, 0.25) is 0 Å². The van der Waals surface area contributed by atoms with E-state index < -0.39 is 30.1 Å². The van der Waals surface area contributed by atoms with Gasteiger partial charge in [-0.3, -0.25) is 0 Å². The molecule has 0 fully saturated rings. The van der Waals surface area contributed by atoms with Crippen LogP contribution in [0.1, 0.15) is 35.3 Å². The summed E-state index contributed by atoms with van der Waals surface area (Å²) in [6, 6.07) is 16.1. The summed E-state index contributed by atoms with van der Waals surface area (Å²) in [5, 5.41) is 2.59. The van der Waals surface area contributed by atoms with Crippen LogP contribution in [0.25, 0.3) is 0 Å². The number of hydrogen-bond donors (Lipinski definition) is 1. The van der Waals surface area contributed by atoms with E-state index in [1.807, 2.05) is 43.3 Å². The predicted molar refractivity (Wildman–Crippen MR) is 111 cm³/mol. The first kappa shape index (κ1) is 22.9. The van der Waals surface area contributed by atoms with Gasteiger partial charge in [0, 0.05) is 12.5 Å². The third-order valence-corrected chi connectivity index (χ3v) is 4.30. The number of carbonyl (C=O) groups is 3. The van der Waals surface area contributed by atoms with Gasteiger partial charge in [-0.05, 0) is 31.5 Å². The maximum atomic E-state index is 12.5. The van der Waals surface area contributed by atoms with E-state index in [1.165, 1.54) is 0 Å². The van der Waals surface area contributed by atoms with Crippen molar-refractivity contribution < 1.29 is 28.6 Å². The van der Waals surface area contributed by atoms with Gasteiger partial charge in [-0.25, -0.2) is 14.4 Å². The molecule has 0 saturated heterocycles. The molecule has 30 heavy (non-hydrogen) atoms. The summed E-state index contributed by atoms with van der Waals surface area (Å²) in [5.74, 6) is -1.82. The second-order valence-corrected chi connectivity index (χ2v) is 6.87. The summed E-state index contributed by atoms with van der Waals surface area (Å²) >= 11 is 0. The molecule has 160 valence electrons. The Balaban J connectivity index is 1.93. The van der Waals surface area contributed by atoms with Crippen LogP contribution in [0.3, 0.4) is 0 Å². The molecule has 0 bridgehead atoms. The van der Waals surface area contributed by atoms with E-state index in [-0.39, 0.29) is 19.8 Å². The molecule has 2 atom stereocenters. The minimum atomic E-state index is -1.16. The number of hydrogen-bond acceptors (Lipinski definition) is 6. The van der Waals surface area contributed by atoms with Gasteiger partial charge in [-0.2, -0.15) is 0 Å². The SMILES string of the molecule is CCOC(=O)[C@@H](OC(=O)c1cccc(C)c1)[C@H](C)CNC(=O)OCc1ccccc1. The van der Waals surface area contributed by atoms with Crippen molar-refractivity contribution >= 4 is 18.0 Å². The molecule has 0 aromatic heterocycles. The van der Waals surface area contributed by atoms with Gasteiger partial charge in [0.05, 0.1) is 12.2 Å². The zero-order valence-electron chi connectivity index (χ0n) is 17.4. The number of amides is 1. The lowest BCUT2D eigenvalue weighted by Crippen LogP contribution is -2.41. The van der Waals surface area contributed by atoms with Gasteiger partial charge in [0.1, 0.15) is 6.61 Å². The number of aryl methyl sites for hydroxylation is 1. The van der Waals surface area contributed by atoms with Gasteiger partial charge in [0.25, 0.3) is 0 Å². The van der Waals surface area contributed by atoms with Gasteiger partial charge in [-0.15, -0.1) is 0 Å². The summed E-state index contributed by atoms with van der Waals surface area (Å²) < 4.78 is 15.6. The summed E-state index contributed by atoms with van der Waals surface area (Å²) in [4.78, 5) is 36.8. The molecule has 7 heteroatoms. The van der Waals surface area contributed by atoms with Crippen LogP contribution >= 0.6 is 0 Å². The fourth-order valence-corrected chi connectivity index (χ4v) is 2.70. The maximum Gasteiger partial charge on any atom is 0.407 e. The van der Waals surface area contributed by atoms with Gasteiger partial charge < -0.3 is 19.5 Å². The van der Waals surface area contributed by atoms with Crippen LogP contribution in [-0.2, 0) is 25.6 Å². The lowest BCUT2D eigenvalue weighted by Gasteiger charge is -2.22. The lowest BCUT2D eigenvalue weighted by atomic mass is 10.0. The molecule has 0 aliphatic carbocycles. The Bertz CT molecular complexity index is 852. The van der Waals surface area contributed by atoms with E-state index in [2.05, 4.69) is 5.32 Å². The second kappa shape index (κ2) is 11.6. The Kier molecular flexibility index (Phi) is 8.87. The van der Waals surface area contributed by atoms with E-state index in [0.717, 1.165) is 11.1 Å². The molecule has 0 spiro atoms. The Hall–Kier alpha value is -3.35. The monoisotopic (exact) mass is 413 g/mol. The number of rotatable bonds is 9. The van der Waals surface area contributed by atoms with Crippen molar-refractivity contribution in [2.24, 2.45) is 5.92 Å². The van der Waals surface area contributed by atoms with Crippen LogP contribution in [0.4, 0.5) is 4.79 Å². The normalized spacial score (nSPS) is 12.4. The Labute approximate surface area is 176 Å². The summed E-state index contributed by atoms with van der Waals surface area (Å²) in [6.07, 6.45) is -1.79. The van der Waals surface area contributed by atoms with Crippen molar-refractivity contribution in [1.29, 1.82) is 0 Å². The van der Waals surface area contributed by atoms with Crippen LogP contribution in [0.15, 0.2) is 54.6 Å². The maximum absolute atomic E-state index is 12.5. The average molecular weight is 413 g/mol. The van der Waals surface area contributed by atoms with Crippen LogP contribution < -0.4 is 5.32 Å². The molecule has 7 nitrogen and oxygen atoms in total. The van der Waals surface area contributed by atoms with Gasteiger partial charge in [-0.1, -0.05) is 55.0 Å². The van der Waals surface area contributed by atoms with Crippen molar-refractivity contribution in [3.63, 3.8) is 0 Å². The van der Waals surface area contributed by atoms with E-state index >= 15 is 0 Å². The van der Waals surface area contributed by atoms with Gasteiger partial charge in [0.15, 0.2) is 0 Å². The highest BCUT2D eigenvalue weighted by molar-refractivity contribution is 5.91. The molecule has 0 saturated carbocycles. The quantitative estimate of drug-likeness (QED) is 0.498. The fraction of sp³-hybridized carbons (Fsp3) is 0.348. The number of carbonyl (C=O) groups excluding carboxylic acids is 3. The van der Waals surface area contributed by atoms with Crippen molar-refractivity contribution in [3.8, 4) is 0 Å². The number of nitrogens with one attached hydrogen (secondary N) is 1. The highest BCUT2D eigenvalue weighted by Gasteiger charge is 2.31. The summed E-state index contributed by atoms with van der Waals surface area (Å²) in [7, 11) is 0. The van der Waals surface area contributed by atoms with Crippen molar-refractivity contribution in [2.75, 3.05) is 13.2 Å². The highest BCUT2D eigenvalue weighted by Crippen LogP contribution is 2.14. The number of esters is 2. The van der Waals surface area contributed by atoms with E-state index in [9.17, 15) is 14.4 Å². The first-order valence-electron chi connectivity index (χ1n) is 9.79. The predicted octanol–water partition coefficient (Wildman–Crippen LogP) is 3.65. The Morgan fingerprint density at radius 1 is 1.00 bits per heavy atom. The first-order valence-corrected chi connectivity index (χ1v) is 9.79. The van der Waals surface area contributed by atoms with Crippen molar-refractivity contribution in [2.45, 2.75) is 33.5 Å². The van der Waals surface area contributed by atoms with Crippen LogP contribution in [-0.4, -0.2) is 37.3 Å². The smallest absolute Gasteiger partial charge is 0.407 e. The van der Waals surface area contributed by atoms with Crippen LogP contribution in [0, 0.1) is 12.8 Å². The largest absolute Gasteiger partial charge is 0.463 e. The standard InChI is InChI=1S/C23H27NO6/c1-4-28-22(26)20(30-21(25)19-12-8-9-16(2)13-19)17(3)14-24-23(27)29-15-18-10-6-5-7-11-18/h5-13,17,20H,4,14-15H2,1-3H3,(H,24,27)/t17-,20+/m1/s1. The highest BCUT2D eigenvalue weighted by atomic mass is 16.6. The molecule has 0 aliphatic heterocycles. The fourth-order valence-electron chi connectivity index (χ4n) is 2.70. The first-order chi connectivity index (χ1) is 14.4. The van der Waals surface area contributed by atoms with E-state index in [4.69, 9.17) is 14.2 Å². The Morgan fingerprint density at radius 3 is 2.40 bits per heavy atom. The van der Waals surface area contributed by atoms with Crippen LogP contribution in [0.5, 0.6) is 0 Å². The molecule has 1 amide bonds. The van der Waals surface area contributed by atoms with Crippen molar-refractivity contribution in [1.82, 2.24) is 5.32 Å². The molecule has 0 heterocycles. The molecular weight excluding hydrogens is 386 g/mol. The molecule has 1 N–H and O–H groups in total. The third-order valence-electron chi connectivity index (χ3n) is 4.30. The Morgan fingerprint density at radius 2 is 1.73 bits per heavy atom.